The number of carbonyl (C=O) groups is 1. The Morgan fingerprint density at radius 2 is 2.23 bits per heavy atom. The van der Waals surface area contributed by atoms with Gasteiger partial charge in [0.05, 0.1) is 11.3 Å². The monoisotopic (exact) mass is 424 g/mol. The van der Waals surface area contributed by atoms with Gasteiger partial charge in [-0.15, -0.1) is 11.3 Å². The number of aromatic nitrogens is 4. The molecule has 1 saturated heterocycles. The Bertz CT molecular complexity index is 1080. The lowest BCUT2D eigenvalue weighted by atomic mass is 9.96. The Morgan fingerprint density at radius 1 is 1.30 bits per heavy atom. The summed E-state index contributed by atoms with van der Waals surface area (Å²) in [4.78, 5) is 38.8. The molecule has 5 rings (SSSR count). The van der Waals surface area contributed by atoms with E-state index in [0.717, 1.165) is 43.6 Å². The van der Waals surface area contributed by atoms with Gasteiger partial charge in [0.2, 0.25) is 0 Å². The van der Waals surface area contributed by atoms with Crippen molar-refractivity contribution in [2.75, 3.05) is 19.6 Å². The predicted octanol–water partition coefficient (Wildman–Crippen LogP) is 2.13. The summed E-state index contributed by atoms with van der Waals surface area (Å²) in [6.07, 6.45) is 4.17. The molecule has 8 nitrogen and oxygen atoms in total. The number of nitrogens with zero attached hydrogens (tertiary/aromatic N) is 4. The van der Waals surface area contributed by atoms with Crippen LogP contribution in [0.2, 0.25) is 0 Å². The van der Waals surface area contributed by atoms with Crippen LogP contribution in [0.4, 0.5) is 0 Å². The van der Waals surface area contributed by atoms with Gasteiger partial charge in [-0.25, -0.2) is 4.98 Å². The van der Waals surface area contributed by atoms with Crippen LogP contribution in [0.5, 0.6) is 0 Å². The van der Waals surface area contributed by atoms with Gasteiger partial charge in [-0.05, 0) is 30.4 Å². The van der Waals surface area contributed by atoms with Crippen LogP contribution in [0, 0.1) is 0 Å². The maximum Gasteiger partial charge on any atom is 0.271 e. The standard InChI is InChI=1S/C21H24N6O2S/c28-20-16-13-26(12-15-4-2-10-30-15)9-6-17(16)23-19(24-20)14-3-1-8-27(11-14)21(29)18-5-7-22-25-18/h2,4-5,7,10,14H,1,3,6,8-9,11-13H2,(H,22,25)(H,23,24,28). The Morgan fingerprint density at radius 3 is 3.03 bits per heavy atom. The van der Waals surface area contributed by atoms with Crippen LogP contribution in [0.1, 0.15) is 51.2 Å². The maximum absolute atomic E-state index is 12.9. The Kier molecular flexibility index (Phi) is 5.22. The molecular formula is C21H24N6O2S. The minimum absolute atomic E-state index is 0.0390. The van der Waals surface area contributed by atoms with Gasteiger partial charge in [0, 0.05) is 56.1 Å². The molecule has 3 aromatic heterocycles. The molecule has 0 saturated carbocycles. The van der Waals surface area contributed by atoms with E-state index < -0.39 is 0 Å². The molecule has 1 fully saturated rings. The molecule has 3 aromatic rings. The van der Waals surface area contributed by atoms with Crippen molar-refractivity contribution >= 4 is 17.2 Å². The molecule has 9 heteroatoms. The van der Waals surface area contributed by atoms with E-state index in [9.17, 15) is 9.59 Å². The molecule has 1 unspecified atom stereocenters. The van der Waals surface area contributed by atoms with Crippen LogP contribution in [0.15, 0.2) is 34.6 Å². The first-order valence-corrected chi connectivity index (χ1v) is 11.2. The second-order valence-corrected chi connectivity index (χ2v) is 9.01. The summed E-state index contributed by atoms with van der Waals surface area (Å²) in [6, 6.07) is 5.88. The quantitative estimate of drug-likeness (QED) is 0.669. The Balaban J connectivity index is 1.32. The van der Waals surface area contributed by atoms with Crippen molar-refractivity contribution in [2.24, 2.45) is 0 Å². The van der Waals surface area contributed by atoms with Crippen LogP contribution in [-0.2, 0) is 19.5 Å². The molecule has 1 atom stereocenters. The number of hydrogen-bond acceptors (Lipinski definition) is 6. The number of piperidine rings is 1. The van der Waals surface area contributed by atoms with E-state index in [0.29, 0.717) is 31.2 Å². The topological polar surface area (TPSA) is 98.0 Å². The molecule has 5 heterocycles. The SMILES string of the molecule is O=C(c1ccn[nH]1)N1CCCC(c2nc3c(c(=O)[nH]2)CN(Cc2cccs2)CC3)C1. The number of hydrogen-bond donors (Lipinski definition) is 2. The van der Waals surface area contributed by atoms with Crippen molar-refractivity contribution in [1.82, 2.24) is 30.0 Å². The highest BCUT2D eigenvalue weighted by Crippen LogP contribution is 2.26. The first-order chi connectivity index (χ1) is 14.7. The van der Waals surface area contributed by atoms with E-state index >= 15 is 0 Å². The third-order valence-electron chi connectivity index (χ3n) is 5.95. The zero-order valence-corrected chi connectivity index (χ0v) is 17.5. The number of rotatable bonds is 4. The van der Waals surface area contributed by atoms with Crippen LogP contribution < -0.4 is 5.56 Å². The molecule has 30 heavy (non-hydrogen) atoms. The van der Waals surface area contributed by atoms with E-state index in [1.165, 1.54) is 4.88 Å². The van der Waals surface area contributed by atoms with Crippen molar-refractivity contribution < 1.29 is 4.79 Å². The fourth-order valence-electron chi connectivity index (χ4n) is 4.38. The van der Waals surface area contributed by atoms with E-state index in [-0.39, 0.29) is 17.4 Å². The predicted molar refractivity (Wildman–Crippen MR) is 113 cm³/mol. The van der Waals surface area contributed by atoms with E-state index in [4.69, 9.17) is 4.98 Å². The van der Waals surface area contributed by atoms with Crippen LogP contribution >= 0.6 is 11.3 Å². The molecule has 0 aromatic carbocycles. The molecule has 2 aliphatic rings. The zero-order valence-electron chi connectivity index (χ0n) is 16.6. The van der Waals surface area contributed by atoms with Crippen LogP contribution in [-0.4, -0.2) is 55.5 Å². The van der Waals surface area contributed by atoms with Crippen molar-refractivity contribution in [2.45, 2.75) is 38.3 Å². The molecule has 2 aliphatic heterocycles. The molecule has 156 valence electrons. The fourth-order valence-corrected chi connectivity index (χ4v) is 5.13. The summed E-state index contributed by atoms with van der Waals surface area (Å²) in [6.45, 7) is 3.66. The van der Waals surface area contributed by atoms with E-state index in [1.54, 1.807) is 23.6 Å². The first kappa shape index (κ1) is 19.2. The molecule has 0 aliphatic carbocycles. The Hall–Kier alpha value is -2.78. The van der Waals surface area contributed by atoms with Crippen molar-refractivity contribution in [1.29, 1.82) is 0 Å². The summed E-state index contributed by atoms with van der Waals surface area (Å²) in [5, 5.41) is 8.69. The van der Waals surface area contributed by atoms with Gasteiger partial charge in [0.15, 0.2) is 0 Å². The number of amides is 1. The van der Waals surface area contributed by atoms with Gasteiger partial charge >= 0.3 is 0 Å². The molecule has 0 spiro atoms. The van der Waals surface area contributed by atoms with Gasteiger partial charge in [-0.3, -0.25) is 19.6 Å². The third-order valence-corrected chi connectivity index (χ3v) is 6.81. The number of likely N-dealkylation sites (tertiary alicyclic amines) is 1. The second-order valence-electron chi connectivity index (χ2n) is 7.98. The largest absolute Gasteiger partial charge is 0.337 e. The number of fused-ring (bicyclic) bond motifs is 1. The summed E-state index contributed by atoms with van der Waals surface area (Å²) >= 11 is 1.74. The first-order valence-electron chi connectivity index (χ1n) is 10.3. The molecule has 0 radical (unpaired) electrons. The highest BCUT2D eigenvalue weighted by Gasteiger charge is 2.29. The number of thiophene rings is 1. The number of aromatic amines is 2. The second kappa shape index (κ2) is 8.16. The van der Waals surface area contributed by atoms with Crippen molar-refractivity contribution in [3.63, 3.8) is 0 Å². The van der Waals surface area contributed by atoms with Crippen LogP contribution in [0.3, 0.4) is 0 Å². The third kappa shape index (κ3) is 3.82. The summed E-state index contributed by atoms with van der Waals surface area (Å²) in [7, 11) is 0. The van der Waals surface area contributed by atoms with E-state index in [1.807, 2.05) is 4.90 Å². The molecule has 2 N–H and O–H groups in total. The Labute approximate surface area is 178 Å². The highest BCUT2D eigenvalue weighted by molar-refractivity contribution is 7.09. The highest BCUT2D eigenvalue weighted by atomic mass is 32.1. The summed E-state index contributed by atoms with van der Waals surface area (Å²) < 4.78 is 0. The van der Waals surface area contributed by atoms with Crippen LogP contribution in [0.25, 0.3) is 0 Å². The minimum Gasteiger partial charge on any atom is -0.337 e. The number of H-pyrrole nitrogens is 2. The lowest BCUT2D eigenvalue weighted by Gasteiger charge is -2.33. The number of nitrogens with one attached hydrogen (secondary N) is 2. The smallest absolute Gasteiger partial charge is 0.271 e. The average Bonchev–Trinajstić information content (AvgIpc) is 3.48. The normalized spacial score (nSPS) is 19.6. The minimum atomic E-state index is -0.0540. The lowest BCUT2D eigenvalue weighted by molar-refractivity contribution is 0.0698. The van der Waals surface area contributed by atoms with E-state index in [2.05, 4.69) is 37.6 Å². The average molecular weight is 425 g/mol. The maximum atomic E-state index is 12.9. The van der Waals surface area contributed by atoms with Crippen molar-refractivity contribution in [3.8, 4) is 0 Å². The zero-order chi connectivity index (χ0) is 20.5. The number of carbonyl (C=O) groups excluding carboxylic acids is 1. The van der Waals surface area contributed by atoms with Gasteiger partial charge in [0.1, 0.15) is 11.5 Å². The van der Waals surface area contributed by atoms with Crippen molar-refractivity contribution in [3.05, 3.63) is 67.8 Å². The molecule has 1 amide bonds. The molecule has 0 bridgehead atoms. The fraction of sp³-hybridized carbons (Fsp3) is 0.429. The molecular weight excluding hydrogens is 400 g/mol. The van der Waals surface area contributed by atoms with Gasteiger partial charge in [-0.1, -0.05) is 6.07 Å². The lowest BCUT2D eigenvalue weighted by Crippen LogP contribution is -2.41. The van der Waals surface area contributed by atoms with Gasteiger partial charge < -0.3 is 9.88 Å². The summed E-state index contributed by atoms with van der Waals surface area (Å²) in [5.41, 5.74) is 2.15. The van der Waals surface area contributed by atoms with Gasteiger partial charge in [-0.2, -0.15) is 5.10 Å². The van der Waals surface area contributed by atoms with Gasteiger partial charge in [0.25, 0.3) is 11.5 Å². The summed E-state index contributed by atoms with van der Waals surface area (Å²) in [5.74, 6) is 0.710.